The summed E-state index contributed by atoms with van der Waals surface area (Å²) in [7, 11) is 1.78. The van der Waals surface area contributed by atoms with Crippen LogP contribution in [0.5, 0.6) is 0 Å². The molecule has 0 aromatic carbocycles. The number of hydrogen-bond acceptors (Lipinski definition) is 2. The van der Waals surface area contributed by atoms with Gasteiger partial charge in [0.15, 0.2) is 6.54 Å². The van der Waals surface area contributed by atoms with E-state index in [4.69, 9.17) is 0 Å². The van der Waals surface area contributed by atoms with Gasteiger partial charge in [0, 0.05) is 4.92 Å². The van der Waals surface area contributed by atoms with Gasteiger partial charge in [-0.2, -0.15) is 0 Å². The van der Waals surface area contributed by atoms with Crippen LogP contribution in [0, 0.1) is 10.1 Å². The van der Waals surface area contributed by atoms with Crippen LogP contribution < -0.4 is 0 Å². The highest BCUT2D eigenvalue weighted by Crippen LogP contribution is 1.69. The maximum Gasteiger partial charge on any atom is 0.196 e. The summed E-state index contributed by atoms with van der Waals surface area (Å²) in [5.41, 5.74) is 0. The van der Waals surface area contributed by atoms with Crippen molar-refractivity contribution in [1.29, 1.82) is 0 Å². The molecule has 0 amide bonds. The Morgan fingerprint density at radius 3 is 2.33 bits per heavy atom. The first-order valence-electron chi connectivity index (χ1n) is 1.89. The summed E-state index contributed by atoms with van der Waals surface area (Å²) in [6.07, 6.45) is 0.632. The molecule has 0 aliphatic rings. The standard InChI is InChI=1S/C2H6BNO2/c3-1-2-4(5)6/h1-3H2. The normalized spacial score (nSPS) is 8.00. The van der Waals surface area contributed by atoms with Gasteiger partial charge < -0.3 is 0 Å². The van der Waals surface area contributed by atoms with Gasteiger partial charge in [-0.3, -0.25) is 10.1 Å². The quantitative estimate of drug-likeness (QED) is 0.254. The molecule has 0 N–H and O–H groups in total. The minimum absolute atomic E-state index is 0.0972. The Morgan fingerprint density at radius 1 is 1.83 bits per heavy atom. The third kappa shape index (κ3) is 3.46. The molecule has 0 aliphatic heterocycles. The summed E-state index contributed by atoms with van der Waals surface area (Å²) in [6.45, 7) is 0.0972. The highest BCUT2D eigenvalue weighted by Gasteiger charge is 1.86. The molecule has 34 valence electrons. The fraction of sp³-hybridized carbons (Fsp3) is 1.00. The number of rotatable bonds is 2. The Labute approximate surface area is 36.9 Å². The third-order valence-electron chi connectivity index (χ3n) is 0.406. The topological polar surface area (TPSA) is 43.1 Å². The van der Waals surface area contributed by atoms with E-state index in [0.717, 1.165) is 0 Å². The zero-order chi connectivity index (χ0) is 4.99. The minimum Gasteiger partial charge on any atom is -0.265 e. The monoisotopic (exact) mass is 87.0 g/mol. The fourth-order valence-corrected chi connectivity index (χ4v) is 0.183. The van der Waals surface area contributed by atoms with Crippen LogP contribution in [-0.4, -0.2) is 19.3 Å². The largest absolute Gasteiger partial charge is 0.265 e. The second-order valence-electron chi connectivity index (χ2n) is 1.06. The summed E-state index contributed by atoms with van der Waals surface area (Å²) >= 11 is 0. The van der Waals surface area contributed by atoms with Gasteiger partial charge in [-0.1, -0.05) is 0 Å². The summed E-state index contributed by atoms with van der Waals surface area (Å²) in [4.78, 5) is 9.09. The maximum atomic E-state index is 9.40. The van der Waals surface area contributed by atoms with Gasteiger partial charge in [0.05, 0.1) is 0 Å². The number of nitrogens with zero attached hydrogens (tertiary/aromatic N) is 1. The van der Waals surface area contributed by atoms with Crippen LogP contribution >= 0.6 is 0 Å². The molecule has 0 aliphatic carbocycles. The minimum atomic E-state index is -0.319. The van der Waals surface area contributed by atoms with E-state index in [-0.39, 0.29) is 11.5 Å². The van der Waals surface area contributed by atoms with Crippen molar-refractivity contribution < 1.29 is 4.92 Å². The molecule has 0 radical (unpaired) electrons. The molecule has 0 atom stereocenters. The van der Waals surface area contributed by atoms with Gasteiger partial charge in [0.1, 0.15) is 7.85 Å². The maximum absolute atomic E-state index is 9.40. The molecule has 3 nitrogen and oxygen atoms in total. The van der Waals surface area contributed by atoms with Crippen LogP contribution in [0.2, 0.25) is 6.32 Å². The SMILES string of the molecule is BCC[N+](=O)[O-]. The second kappa shape index (κ2) is 2.69. The van der Waals surface area contributed by atoms with E-state index >= 15 is 0 Å². The predicted molar refractivity (Wildman–Crippen MR) is 25.2 cm³/mol. The third-order valence-corrected chi connectivity index (χ3v) is 0.406. The average molecular weight is 86.9 g/mol. The van der Waals surface area contributed by atoms with Crippen molar-refractivity contribution >= 4 is 7.85 Å². The van der Waals surface area contributed by atoms with Crippen molar-refractivity contribution in [3.63, 3.8) is 0 Å². The van der Waals surface area contributed by atoms with E-state index in [2.05, 4.69) is 0 Å². The summed E-state index contributed by atoms with van der Waals surface area (Å²) in [5.74, 6) is 0. The van der Waals surface area contributed by atoms with Crippen molar-refractivity contribution in [2.75, 3.05) is 6.54 Å². The van der Waals surface area contributed by atoms with Crippen molar-refractivity contribution in [3.05, 3.63) is 10.1 Å². The van der Waals surface area contributed by atoms with Crippen LogP contribution in [0.4, 0.5) is 0 Å². The van der Waals surface area contributed by atoms with Crippen molar-refractivity contribution in [3.8, 4) is 0 Å². The van der Waals surface area contributed by atoms with Gasteiger partial charge in [0.25, 0.3) is 0 Å². The molecule has 0 aromatic rings. The summed E-state index contributed by atoms with van der Waals surface area (Å²) in [6, 6.07) is 0. The molecule has 0 spiro atoms. The van der Waals surface area contributed by atoms with Crippen molar-refractivity contribution in [1.82, 2.24) is 0 Å². The van der Waals surface area contributed by atoms with Gasteiger partial charge in [-0.05, 0) is 6.32 Å². The van der Waals surface area contributed by atoms with E-state index < -0.39 is 0 Å². The summed E-state index contributed by atoms with van der Waals surface area (Å²) < 4.78 is 0. The lowest BCUT2D eigenvalue weighted by Gasteiger charge is -1.80. The average Bonchev–Trinajstić information content (AvgIpc) is 1.35. The van der Waals surface area contributed by atoms with Crippen molar-refractivity contribution in [2.45, 2.75) is 6.32 Å². The summed E-state index contributed by atoms with van der Waals surface area (Å²) in [5, 5.41) is 9.40. The van der Waals surface area contributed by atoms with Crippen LogP contribution in [0.3, 0.4) is 0 Å². The fourth-order valence-electron chi connectivity index (χ4n) is 0.183. The molecule has 0 heterocycles. The number of hydrogen-bond donors (Lipinski definition) is 0. The van der Waals surface area contributed by atoms with Crippen LogP contribution in [-0.2, 0) is 0 Å². The van der Waals surface area contributed by atoms with Gasteiger partial charge in [0.2, 0.25) is 0 Å². The van der Waals surface area contributed by atoms with Crippen LogP contribution in [0.1, 0.15) is 0 Å². The van der Waals surface area contributed by atoms with Gasteiger partial charge >= 0.3 is 0 Å². The number of nitro groups is 1. The molecule has 0 fully saturated rings. The van der Waals surface area contributed by atoms with Gasteiger partial charge in [-0.15, -0.1) is 0 Å². The lowest BCUT2D eigenvalue weighted by molar-refractivity contribution is -0.475. The van der Waals surface area contributed by atoms with E-state index in [0.29, 0.717) is 6.32 Å². The van der Waals surface area contributed by atoms with E-state index in [1.807, 2.05) is 0 Å². The highest BCUT2D eigenvalue weighted by atomic mass is 16.6. The molecule has 0 rings (SSSR count). The molecule has 6 heavy (non-hydrogen) atoms. The zero-order valence-corrected chi connectivity index (χ0v) is 3.68. The Hall–Kier alpha value is -0.535. The Kier molecular flexibility index (Phi) is 2.45. The molecule has 4 heteroatoms. The molecule has 0 saturated heterocycles. The Morgan fingerprint density at radius 2 is 2.33 bits per heavy atom. The second-order valence-corrected chi connectivity index (χ2v) is 1.06. The van der Waals surface area contributed by atoms with Crippen LogP contribution in [0.15, 0.2) is 0 Å². The smallest absolute Gasteiger partial charge is 0.196 e. The molecule has 0 unspecified atom stereocenters. The molecule has 0 aromatic heterocycles. The van der Waals surface area contributed by atoms with Crippen LogP contribution in [0.25, 0.3) is 0 Å². The lowest BCUT2D eigenvalue weighted by Crippen LogP contribution is -1.97. The molecule has 0 saturated carbocycles. The Balaban J connectivity index is 2.83. The van der Waals surface area contributed by atoms with Gasteiger partial charge in [-0.25, -0.2) is 0 Å². The first kappa shape index (κ1) is 5.46. The van der Waals surface area contributed by atoms with E-state index in [1.165, 1.54) is 0 Å². The highest BCUT2D eigenvalue weighted by molar-refractivity contribution is 6.08. The van der Waals surface area contributed by atoms with E-state index in [1.54, 1.807) is 7.85 Å². The lowest BCUT2D eigenvalue weighted by atomic mass is 10.1. The zero-order valence-electron chi connectivity index (χ0n) is 3.68. The Bertz CT molecular complexity index is 55.5. The molecular formula is C2H6BNO2. The van der Waals surface area contributed by atoms with Crippen molar-refractivity contribution in [2.24, 2.45) is 0 Å². The molecular weight excluding hydrogens is 80.8 g/mol. The molecule has 0 bridgehead atoms. The first-order chi connectivity index (χ1) is 2.77. The van der Waals surface area contributed by atoms with E-state index in [9.17, 15) is 10.1 Å². The first-order valence-corrected chi connectivity index (χ1v) is 1.89. The predicted octanol–water partition coefficient (Wildman–Crippen LogP) is -0.686.